The van der Waals surface area contributed by atoms with Gasteiger partial charge >= 0.3 is 0 Å². The Morgan fingerprint density at radius 1 is 1.32 bits per heavy atom. The van der Waals surface area contributed by atoms with Gasteiger partial charge < -0.3 is 15.0 Å². The highest BCUT2D eigenvalue weighted by molar-refractivity contribution is 5.03. The summed E-state index contributed by atoms with van der Waals surface area (Å²) in [6, 6.07) is 0. The third-order valence-corrected chi connectivity index (χ3v) is 3.53. The Bertz CT molecular complexity index is 392. The summed E-state index contributed by atoms with van der Waals surface area (Å²) in [4.78, 5) is 4.50. The van der Waals surface area contributed by atoms with Gasteiger partial charge in [0, 0.05) is 13.7 Å². The van der Waals surface area contributed by atoms with E-state index in [1.807, 2.05) is 13.8 Å². The fourth-order valence-electron chi connectivity index (χ4n) is 2.02. The first kappa shape index (κ1) is 16.1. The first-order chi connectivity index (χ1) is 8.75. The molecule has 0 aliphatic carbocycles. The van der Waals surface area contributed by atoms with Gasteiger partial charge in [0.15, 0.2) is 0 Å². The molecule has 0 bridgehead atoms. The zero-order valence-electron chi connectivity index (χ0n) is 13.0. The van der Waals surface area contributed by atoms with Crippen molar-refractivity contribution in [2.45, 2.75) is 59.0 Å². The molecule has 5 heteroatoms. The Morgan fingerprint density at radius 2 is 1.95 bits per heavy atom. The lowest BCUT2D eigenvalue weighted by molar-refractivity contribution is -0.0106. The number of nitrogens with zero attached hydrogens (tertiary/aromatic N) is 2. The molecule has 2 N–H and O–H groups in total. The van der Waals surface area contributed by atoms with Crippen LogP contribution < -0.4 is 5.73 Å². The van der Waals surface area contributed by atoms with E-state index < -0.39 is 5.60 Å². The van der Waals surface area contributed by atoms with Crippen molar-refractivity contribution in [3.63, 3.8) is 0 Å². The lowest BCUT2D eigenvalue weighted by atomic mass is 9.84. The van der Waals surface area contributed by atoms with Gasteiger partial charge in [0.25, 0.3) is 0 Å². The second-order valence-corrected chi connectivity index (χ2v) is 6.44. The lowest BCUT2D eigenvalue weighted by Crippen LogP contribution is -2.25. The van der Waals surface area contributed by atoms with E-state index in [9.17, 15) is 0 Å². The topological polar surface area (TPSA) is 74.2 Å². The van der Waals surface area contributed by atoms with Gasteiger partial charge in [0.05, 0.1) is 5.92 Å². The van der Waals surface area contributed by atoms with Crippen molar-refractivity contribution < 1.29 is 9.26 Å². The van der Waals surface area contributed by atoms with E-state index in [1.54, 1.807) is 7.11 Å². The van der Waals surface area contributed by atoms with Crippen molar-refractivity contribution in [1.82, 2.24) is 10.1 Å². The molecule has 2 atom stereocenters. The molecule has 5 nitrogen and oxygen atoms in total. The van der Waals surface area contributed by atoms with E-state index >= 15 is 0 Å². The third kappa shape index (κ3) is 4.01. The summed E-state index contributed by atoms with van der Waals surface area (Å²) in [5.74, 6) is 1.31. The van der Waals surface area contributed by atoms with Crippen LogP contribution in [-0.2, 0) is 10.3 Å². The molecule has 1 rings (SSSR count). The third-order valence-electron chi connectivity index (χ3n) is 3.53. The summed E-state index contributed by atoms with van der Waals surface area (Å²) in [7, 11) is 1.66. The zero-order chi connectivity index (χ0) is 14.7. The number of nitrogens with two attached hydrogens (primary N) is 1. The molecule has 2 unspecified atom stereocenters. The summed E-state index contributed by atoms with van der Waals surface area (Å²) in [5, 5.41) is 4.06. The van der Waals surface area contributed by atoms with Gasteiger partial charge in [-0.1, -0.05) is 32.9 Å². The monoisotopic (exact) mass is 269 g/mol. The molecule has 19 heavy (non-hydrogen) atoms. The van der Waals surface area contributed by atoms with Crippen LogP contribution >= 0.6 is 0 Å². The summed E-state index contributed by atoms with van der Waals surface area (Å²) >= 11 is 0. The van der Waals surface area contributed by atoms with Crippen molar-refractivity contribution in [3.05, 3.63) is 11.7 Å². The number of ether oxygens (including phenoxy) is 1. The quantitative estimate of drug-likeness (QED) is 0.859. The van der Waals surface area contributed by atoms with Gasteiger partial charge in [-0.15, -0.1) is 0 Å². The van der Waals surface area contributed by atoms with Gasteiger partial charge in [-0.25, -0.2) is 0 Å². The molecule has 0 fully saturated rings. The molecule has 0 spiro atoms. The minimum atomic E-state index is -0.497. The average Bonchev–Trinajstić information content (AvgIpc) is 2.83. The number of hydrogen-bond acceptors (Lipinski definition) is 5. The molecule has 0 radical (unpaired) electrons. The van der Waals surface area contributed by atoms with E-state index in [0.29, 0.717) is 18.3 Å². The van der Waals surface area contributed by atoms with Gasteiger partial charge in [-0.3, -0.25) is 0 Å². The molecular weight excluding hydrogens is 242 g/mol. The van der Waals surface area contributed by atoms with E-state index in [2.05, 4.69) is 30.9 Å². The number of rotatable bonds is 6. The van der Waals surface area contributed by atoms with Gasteiger partial charge in [0.1, 0.15) is 5.60 Å². The molecule has 1 aromatic rings. The number of methoxy groups -OCH3 is 1. The fourth-order valence-corrected chi connectivity index (χ4v) is 2.02. The first-order valence-electron chi connectivity index (χ1n) is 6.85. The van der Waals surface area contributed by atoms with E-state index in [4.69, 9.17) is 15.0 Å². The fraction of sp³-hybridized carbons (Fsp3) is 0.857. The Labute approximate surface area is 115 Å². The standard InChI is InChI=1S/C14H27N3O2/c1-7-14(5,18-6)12-16-11(19-17-12)10(9-15)8-13(2,3)4/h10H,7-9,15H2,1-6H3. The van der Waals surface area contributed by atoms with Crippen molar-refractivity contribution in [2.24, 2.45) is 11.1 Å². The first-order valence-corrected chi connectivity index (χ1v) is 6.85. The zero-order valence-corrected chi connectivity index (χ0v) is 13.0. The largest absolute Gasteiger partial charge is 0.370 e. The normalized spacial score (nSPS) is 17.2. The van der Waals surface area contributed by atoms with Gasteiger partial charge in [-0.2, -0.15) is 4.98 Å². The van der Waals surface area contributed by atoms with Crippen LogP contribution in [0.1, 0.15) is 65.1 Å². The summed E-state index contributed by atoms with van der Waals surface area (Å²) in [5.41, 5.74) is 5.51. The predicted octanol–water partition coefficient (Wildman–Crippen LogP) is 2.82. The molecule has 0 aromatic carbocycles. The van der Waals surface area contributed by atoms with Crippen molar-refractivity contribution in [1.29, 1.82) is 0 Å². The van der Waals surface area contributed by atoms with Crippen LogP contribution in [0.25, 0.3) is 0 Å². The van der Waals surface area contributed by atoms with Crippen molar-refractivity contribution >= 4 is 0 Å². The second kappa shape index (κ2) is 6.01. The molecule has 0 amide bonds. The van der Waals surface area contributed by atoms with E-state index in [0.717, 1.165) is 12.8 Å². The highest BCUT2D eigenvalue weighted by atomic mass is 16.5. The van der Waals surface area contributed by atoms with Crippen LogP contribution in [0.15, 0.2) is 4.52 Å². The highest BCUT2D eigenvalue weighted by Gasteiger charge is 2.32. The maximum Gasteiger partial charge on any atom is 0.231 e. The molecule has 0 saturated heterocycles. The summed E-state index contributed by atoms with van der Waals surface area (Å²) in [6.07, 6.45) is 1.70. The van der Waals surface area contributed by atoms with Crippen LogP contribution in [0.4, 0.5) is 0 Å². The van der Waals surface area contributed by atoms with Gasteiger partial charge in [-0.05, 0) is 25.2 Å². The Balaban J connectivity index is 2.94. The molecule has 1 heterocycles. The van der Waals surface area contributed by atoms with Gasteiger partial charge in [0.2, 0.25) is 11.7 Å². The molecule has 1 aromatic heterocycles. The maximum atomic E-state index is 5.84. The molecule has 0 aliphatic heterocycles. The average molecular weight is 269 g/mol. The molecule has 110 valence electrons. The Morgan fingerprint density at radius 3 is 2.37 bits per heavy atom. The molecule has 0 saturated carbocycles. The Hall–Kier alpha value is -0.940. The number of aromatic nitrogens is 2. The van der Waals surface area contributed by atoms with E-state index in [-0.39, 0.29) is 11.3 Å². The molecule has 0 aliphatic rings. The minimum Gasteiger partial charge on any atom is -0.370 e. The lowest BCUT2D eigenvalue weighted by Gasteiger charge is -2.23. The minimum absolute atomic E-state index is 0.0965. The van der Waals surface area contributed by atoms with E-state index in [1.165, 1.54) is 0 Å². The Kier molecular flexibility index (Phi) is 5.10. The number of hydrogen-bond donors (Lipinski definition) is 1. The second-order valence-electron chi connectivity index (χ2n) is 6.44. The van der Waals surface area contributed by atoms with Crippen LogP contribution in [0, 0.1) is 5.41 Å². The SMILES string of the molecule is CCC(C)(OC)c1noc(C(CN)CC(C)(C)C)n1. The maximum absolute atomic E-state index is 5.84. The van der Waals surface area contributed by atoms with Crippen molar-refractivity contribution in [3.8, 4) is 0 Å². The van der Waals surface area contributed by atoms with Crippen LogP contribution in [-0.4, -0.2) is 23.8 Å². The summed E-state index contributed by atoms with van der Waals surface area (Å²) < 4.78 is 10.9. The molecular formula is C14H27N3O2. The summed E-state index contributed by atoms with van der Waals surface area (Å²) in [6.45, 7) is 11.0. The highest BCUT2D eigenvalue weighted by Crippen LogP contribution is 2.32. The van der Waals surface area contributed by atoms with Crippen LogP contribution in [0.2, 0.25) is 0 Å². The van der Waals surface area contributed by atoms with Crippen LogP contribution in [0.5, 0.6) is 0 Å². The van der Waals surface area contributed by atoms with Crippen LogP contribution in [0.3, 0.4) is 0 Å². The predicted molar refractivity (Wildman–Crippen MR) is 74.8 cm³/mol. The smallest absolute Gasteiger partial charge is 0.231 e. The van der Waals surface area contributed by atoms with Crippen molar-refractivity contribution in [2.75, 3.05) is 13.7 Å².